The molecular weight excluding hydrogens is 242 g/mol. The first kappa shape index (κ1) is 13.5. The summed E-state index contributed by atoms with van der Waals surface area (Å²) < 4.78 is 10.6. The van der Waals surface area contributed by atoms with Gasteiger partial charge in [0.15, 0.2) is 0 Å². The van der Waals surface area contributed by atoms with Gasteiger partial charge < -0.3 is 15.0 Å². The lowest BCUT2D eigenvalue weighted by atomic mass is 10.1. The molecule has 0 amide bonds. The van der Waals surface area contributed by atoms with E-state index in [9.17, 15) is 0 Å². The Morgan fingerprint density at radius 2 is 2.05 bits per heavy atom. The Balaban J connectivity index is 2.40. The Hall–Kier alpha value is -1.88. The van der Waals surface area contributed by atoms with Crippen molar-refractivity contribution in [3.05, 3.63) is 29.7 Å². The molecule has 0 fully saturated rings. The SMILES string of the molecule is COc1ccc(C)cc1-c1noc(C(N)C(C)C)n1. The van der Waals surface area contributed by atoms with Crippen LogP contribution in [0.25, 0.3) is 11.4 Å². The van der Waals surface area contributed by atoms with Gasteiger partial charge in [0.1, 0.15) is 5.75 Å². The van der Waals surface area contributed by atoms with Gasteiger partial charge in [-0.25, -0.2) is 0 Å². The number of ether oxygens (including phenoxy) is 1. The molecule has 102 valence electrons. The summed E-state index contributed by atoms with van der Waals surface area (Å²) in [6, 6.07) is 5.58. The molecule has 0 aliphatic heterocycles. The number of benzene rings is 1. The summed E-state index contributed by atoms with van der Waals surface area (Å²) in [5.41, 5.74) is 7.92. The fraction of sp³-hybridized carbons (Fsp3) is 0.429. The van der Waals surface area contributed by atoms with Crippen molar-refractivity contribution in [1.82, 2.24) is 10.1 Å². The van der Waals surface area contributed by atoms with Gasteiger partial charge in [-0.05, 0) is 25.0 Å². The molecule has 1 aromatic carbocycles. The van der Waals surface area contributed by atoms with Gasteiger partial charge in [0.05, 0.1) is 18.7 Å². The van der Waals surface area contributed by atoms with E-state index >= 15 is 0 Å². The molecule has 2 rings (SSSR count). The van der Waals surface area contributed by atoms with Gasteiger partial charge in [0.2, 0.25) is 11.7 Å². The van der Waals surface area contributed by atoms with Gasteiger partial charge in [0, 0.05) is 0 Å². The minimum Gasteiger partial charge on any atom is -0.496 e. The largest absolute Gasteiger partial charge is 0.496 e. The second-order valence-electron chi connectivity index (χ2n) is 4.93. The number of methoxy groups -OCH3 is 1. The molecule has 2 N–H and O–H groups in total. The van der Waals surface area contributed by atoms with Gasteiger partial charge >= 0.3 is 0 Å². The van der Waals surface area contributed by atoms with Crippen molar-refractivity contribution in [2.75, 3.05) is 7.11 Å². The third-order valence-corrected chi connectivity index (χ3v) is 3.04. The third-order valence-electron chi connectivity index (χ3n) is 3.04. The number of hydrogen-bond acceptors (Lipinski definition) is 5. The molecule has 0 spiro atoms. The van der Waals surface area contributed by atoms with Crippen molar-refractivity contribution in [3.63, 3.8) is 0 Å². The van der Waals surface area contributed by atoms with Crippen LogP contribution in [0.5, 0.6) is 5.75 Å². The molecule has 5 heteroatoms. The molecule has 1 unspecified atom stereocenters. The molecule has 0 saturated heterocycles. The molecule has 5 nitrogen and oxygen atoms in total. The van der Waals surface area contributed by atoms with Crippen LogP contribution in [0.15, 0.2) is 22.7 Å². The molecule has 0 radical (unpaired) electrons. The van der Waals surface area contributed by atoms with Crippen LogP contribution in [0.1, 0.15) is 31.3 Å². The maximum Gasteiger partial charge on any atom is 0.244 e. The molecule has 1 atom stereocenters. The van der Waals surface area contributed by atoms with E-state index in [4.69, 9.17) is 15.0 Å². The van der Waals surface area contributed by atoms with Crippen LogP contribution in [0.2, 0.25) is 0 Å². The summed E-state index contributed by atoms with van der Waals surface area (Å²) in [5, 5.41) is 3.99. The van der Waals surface area contributed by atoms with E-state index in [1.54, 1.807) is 7.11 Å². The lowest BCUT2D eigenvalue weighted by Crippen LogP contribution is -2.16. The van der Waals surface area contributed by atoms with E-state index in [2.05, 4.69) is 10.1 Å². The second-order valence-corrected chi connectivity index (χ2v) is 4.93. The van der Waals surface area contributed by atoms with Crippen molar-refractivity contribution in [2.45, 2.75) is 26.8 Å². The monoisotopic (exact) mass is 261 g/mol. The Bertz CT molecular complexity index is 564. The maximum atomic E-state index is 6.00. The smallest absolute Gasteiger partial charge is 0.244 e. The average molecular weight is 261 g/mol. The minimum absolute atomic E-state index is 0.243. The zero-order valence-corrected chi connectivity index (χ0v) is 11.7. The van der Waals surface area contributed by atoms with E-state index in [1.165, 1.54) is 0 Å². The highest BCUT2D eigenvalue weighted by Crippen LogP contribution is 2.29. The first-order chi connectivity index (χ1) is 9.02. The van der Waals surface area contributed by atoms with Gasteiger partial charge in [-0.3, -0.25) is 0 Å². The van der Waals surface area contributed by atoms with Crippen molar-refractivity contribution in [3.8, 4) is 17.1 Å². The summed E-state index contributed by atoms with van der Waals surface area (Å²) in [5.74, 6) is 1.92. The molecule has 0 saturated carbocycles. The third kappa shape index (κ3) is 2.76. The highest BCUT2D eigenvalue weighted by Gasteiger charge is 2.20. The molecule has 1 aromatic heterocycles. The molecule has 0 aliphatic rings. The molecule has 2 aromatic rings. The second kappa shape index (κ2) is 5.40. The Labute approximate surface area is 112 Å². The fourth-order valence-electron chi connectivity index (χ4n) is 1.76. The van der Waals surface area contributed by atoms with Gasteiger partial charge in [-0.15, -0.1) is 0 Å². The molecular formula is C14H19N3O2. The average Bonchev–Trinajstić information content (AvgIpc) is 2.87. The minimum atomic E-state index is -0.253. The summed E-state index contributed by atoms with van der Waals surface area (Å²) >= 11 is 0. The number of aromatic nitrogens is 2. The van der Waals surface area contributed by atoms with Crippen LogP contribution in [-0.4, -0.2) is 17.3 Å². The highest BCUT2D eigenvalue weighted by atomic mass is 16.5. The van der Waals surface area contributed by atoms with Crippen molar-refractivity contribution in [1.29, 1.82) is 0 Å². The maximum absolute atomic E-state index is 6.00. The van der Waals surface area contributed by atoms with E-state index in [0.717, 1.165) is 16.9 Å². The summed E-state index contributed by atoms with van der Waals surface area (Å²) in [6.45, 7) is 6.04. The molecule has 0 bridgehead atoms. The van der Waals surface area contributed by atoms with E-state index < -0.39 is 0 Å². The summed E-state index contributed by atoms with van der Waals surface area (Å²) in [6.07, 6.45) is 0. The fourth-order valence-corrected chi connectivity index (χ4v) is 1.76. The lowest BCUT2D eigenvalue weighted by Gasteiger charge is -2.09. The van der Waals surface area contributed by atoms with E-state index in [1.807, 2.05) is 39.0 Å². The molecule has 0 aliphatic carbocycles. The quantitative estimate of drug-likeness (QED) is 0.915. The zero-order chi connectivity index (χ0) is 14.0. The van der Waals surface area contributed by atoms with Crippen LogP contribution in [0, 0.1) is 12.8 Å². The predicted molar refractivity (Wildman–Crippen MR) is 72.8 cm³/mol. The standard InChI is InChI=1S/C14H19N3O2/c1-8(2)12(15)14-16-13(17-19-14)10-7-9(3)5-6-11(10)18-4/h5-8,12H,15H2,1-4H3. The Morgan fingerprint density at radius 3 is 2.68 bits per heavy atom. The van der Waals surface area contributed by atoms with Gasteiger partial charge in [-0.1, -0.05) is 30.6 Å². The normalized spacial score (nSPS) is 12.7. The predicted octanol–water partition coefficient (Wildman–Crippen LogP) is 2.71. The first-order valence-electron chi connectivity index (χ1n) is 6.27. The number of aryl methyl sites for hydroxylation is 1. The van der Waals surface area contributed by atoms with E-state index in [-0.39, 0.29) is 12.0 Å². The van der Waals surface area contributed by atoms with Crippen molar-refractivity contribution < 1.29 is 9.26 Å². The van der Waals surface area contributed by atoms with Crippen molar-refractivity contribution >= 4 is 0 Å². The van der Waals surface area contributed by atoms with Crippen LogP contribution in [0.4, 0.5) is 0 Å². The number of hydrogen-bond donors (Lipinski definition) is 1. The first-order valence-corrected chi connectivity index (χ1v) is 6.27. The van der Waals surface area contributed by atoms with Gasteiger partial charge in [-0.2, -0.15) is 4.98 Å². The highest BCUT2D eigenvalue weighted by molar-refractivity contribution is 5.64. The number of rotatable bonds is 4. The molecule has 1 heterocycles. The van der Waals surface area contributed by atoms with Crippen LogP contribution >= 0.6 is 0 Å². The van der Waals surface area contributed by atoms with E-state index in [0.29, 0.717) is 11.7 Å². The topological polar surface area (TPSA) is 74.2 Å². The van der Waals surface area contributed by atoms with Crippen LogP contribution in [0.3, 0.4) is 0 Å². The van der Waals surface area contributed by atoms with Gasteiger partial charge in [0.25, 0.3) is 0 Å². The van der Waals surface area contributed by atoms with Crippen LogP contribution in [-0.2, 0) is 0 Å². The summed E-state index contributed by atoms with van der Waals surface area (Å²) in [4.78, 5) is 4.37. The van der Waals surface area contributed by atoms with Crippen molar-refractivity contribution in [2.24, 2.45) is 11.7 Å². The Morgan fingerprint density at radius 1 is 1.32 bits per heavy atom. The Kier molecular flexibility index (Phi) is 3.85. The zero-order valence-electron chi connectivity index (χ0n) is 11.7. The molecule has 19 heavy (non-hydrogen) atoms. The number of nitrogens with zero attached hydrogens (tertiary/aromatic N) is 2. The summed E-state index contributed by atoms with van der Waals surface area (Å²) in [7, 11) is 1.62. The number of nitrogens with two attached hydrogens (primary N) is 1. The lowest BCUT2D eigenvalue weighted by molar-refractivity contribution is 0.325. The van der Waals surface area contributed by atoms with Crippen LogP contribution < -0.4 is 10.5 Å².